The third-order valence-electron chi connectivity index (χ3n) is 24.1. The van der Waals surface area contributed by atoms with E-state index in [2.05, 4.69) is 171 Å². The minimum atomic E-state index is 0. The summed E-state index contributed by atoms with van der Waals surface area (Å²) >= 11 is 0. The molecular weight excluding hydrogens is 1770 g/mol. The number of likely N-dealkylation sites (N-methyl/N-ethyl adjacent to an activating group) is 7. The Hall–Kier alpha value is 1.18. The number of halogens is 8. The summed E-state index contributed by atoms with van der Waals surface area (Å²) in [6.07, 6.45) is 37.3. The molecule has 0 amide bonds. The molecule has 101 heavy (non-hydrogen) atoms. The Morgan fingerprint density at radius 1 is 0.188 bits per heavy atom. The van der Waals surface area contributed by atoms with Crippen LogP contribution < -0.4 is 136 Å². The quantitative estimate of drug-likeness (QED) is 0.0411. The Bertz CT molecular complexity index is 2180. The number of quaternary nitrogens is 8. The molecule has 8 bridgehead atoms. The van der Waals surface area contributed by atoms with E-state index in [1.165, 1.54) is 309 Å². The molecule has 15 rings (SSSR count). The molecule has 6 unspecified atom stereocenters. The van der Waals surface area contributed by atoms with E-state index in [0.717, 1.165) is 70.6 Å². The fourth-order valence-electron chi connectivity index (χ4n) is 16.7. The average molecular weight is 1930 g/mol. The minimum absolute atomic E-state index is 0. The summed E-state index contributed by atoms with van der Waals surface area (Å²) in [7, 11) is 18.8. The summed E-state index contributed by atoms with van der Waals surface area (Å²) < 4.78 is 9.29. The molecular formula is C85H160Br8N8. The number of unbranched alkanes of at least 4 members (excludes halogenated alkanes) is 21. The molecule has 0 N–H and O–H groups in total. The summed E-state index contributed by atoms with van der Waals surface area (Å²) in [4.78, 5) is 0. The van der Waals surface area contributed by atoms with Crippen LogP contribution in [0.15, 0.2) is 72.8 Å². The summed E-state index contributed by atoms with van der Waals surface area (Å²) in [5, 5.41) is 0. The van der Waals surface area contributed by atoms with Crippen LogP contribution in [0.1, 0.15) is 262 Å². The molecule has 0 radical (unpaired) electrons. The van der Waals surface area contributed by atoms with Gasteiger partial charge in [0.1, 0.15) is 118 Å². The van der Waals surface area contributed by atoms with Crippen molar-refractivity contribution in [1.82, 2.24) is 0 Å². The van der Waals surface area contributed by atoms with Crippen LogP contribution in [-0.4, -0.2) is 210 Å². The van der Waals surface area contributed by atoms with Crippen LogP contribution in [0.5, 0.6) is 0 Å². The van der Waals surface area contributed by atoms with Gasteiger partial charge in [0.2, 0.25) is 0 Å². The highest BCUT2D eigenvalue weighted by molar-refractivity contribution is 5.23. The topological polar surface area (TPSA) is 0 Å². The van der Waals surface area contributed by atoms with Crippen molar-refractivity contribution in [3.63, 3.8) is 0 Å². The maximum Gasteiger partial charge on any atom is 0.129 e. The molecule has 3 aromatic rings. The molecule has 12 aliphatic heterocycles. The van der Waals surface area contributed by atoms with E-state index in [9.17, 15) is 0 Å². The predicted molar refractivity (Wildman–Crippen MR) is 407 cm³/mol. The lowest BCUT2D eigenvalue weighted by atomic mass is 10.1. The number of hydrogen-bond acceptors (Lipinski definition) is 0. The highest BCUT2D eigenvalue weighted by Crippen LogP contribution is 2.28. The van der Waals surface area contributed by atoms with Crippen molar-refractivity contribution < 1.29 is 172 Å². The highest BCUT2D eigenvalue weighted by Gasteiger charge is 2.40. The van der Waals surface area contributed by atoms with Crippen LogP contribution in [0.3, 0.4) is 0 Å². The smallest absolute Gasteiger partial charge is 0.129 e. The molecule has 6 atom stereocenters. The van der Waals surface area contributed by atoms with Crippen LogP contribution in [0.25, 0.3) is 0 Å². The molecule has 8 nitrogen and oxygen atoms in total. The fraction of sp³-hybridized carbons (Fsp3) is 0.788. The van der Waals surface area contributed by atoms with Crippen molar-refractivity contribution >= 4 is 0 Å². The van der Waals surface area contributed by atoms with E-state index in [1.807, 2.05) is 0 Å². The second kappa shape index (κ2) is 58.1. The normalized spacial score (nSPS) is 26.1. The van der Waals surface area contributed by atoms with Crippen molar-refractivity contribution in [1.29, 1.82) is 0 Å². The van der Waals surface area contributed by atoms with Crippen LogP contribution in [0, 0.1) is 0 Å². The first-order chi connectivity index (χ1) is 44.6. The van der Waals surface area contributed by atoms with Gasteiger partial charge in [-0.1, -0.05) is 211 Å². The number of nitrogens with zero attached hydrogens (tertiary/aromatic N) is 8. The van der Waals surface area contributed by atoms with E-state index >= 15 is 0 Å². The van der Waals surface area contributed by atoms with Crippen LogP contribution in [0.2, 0.25) is 0 Å². The second-order valence-electron chi connectivity index (χ2n) is 34.2. The van der Waals surface area contributed by atoms with Crippen molar-refractivity contribution in [3.8, 4) is 0 Å². The van der Waals surface area contributed by atoms with Gasteiger partial charge in [0.05, 0.1) is 95.1 Å². The molecule has 0 aliphatic carbocycles. The third-order valence-corrected chi connectivity index (χ3v) is 24.1. The van der Waals surface area contributed by atoms with Crippen LogP contribution in [0.4, 0.5) is 0 Å². The monoisotopic (exact) mass is 1920 g/mol. The molecule has 0 aromatic heterocycles. The fourth-order valence-corrected chi connectivity index (χ4v) is 16.7. The van der Waals surface area contributed by atoms with Crippen molar-refractivity contribution in [2.24, 2.45) is 0 Å². The Balaban J connectivity index is -0.00000588. The number of benzene rings is 3. The lowest BCUT2D eigenvalue weighted by Gasteiger charge is -2.46. The highest BCUT2D eigenvalue weighted by atomic mass is 79.9. The van der Waals surface area contributed by atoms with E-state index in [1.54, 1.807) is 33.4 Å². The molecule has 16 heteroatoms. The largest absolute Gasteiger partial charge is 1.00 e. The molecule has 0 saturated heterocycles. The van der Waals surface area contributed by atoms with Gasteiger partial charge in [-0.25, -0.2) is 0 Å². The molecule has 0 spiro atoms. The van der Waals surface area contributed by atoms with E-state index in [0.29, 0.717) is 0 Å². The first-order valence-electron chi connectivity index (χ1n) is 40.6. The van der Waals surface area contributed by atoms with Gasteiger partial charge in [-0.3, -0.25) is 0 Å². The molecule has 596 valence electrons. The Morgan fingerprint density at radius 2 is 0.337 bits per heavy atom. The Labute approximate surface area is 712 Å². The standard InChI is InChI=1S/C85H160N8.8BrH/c1-15-22-29-36-55-87(9)65-62-86(8)63-66-88(10,56-37-30-23-16-2)75-81-45-51-84(52-46-81)78-91(13,59-40-33-26-19-5)69-72-93(61-42-35-28-21-7,71-68-90(12,58-39-32-25-18-4)77-83-49-43-80(74-87)44-50-83)73-70-92(14,60-41-34-27-20-6)79-85-53-47-82(48-54-85)76-89(11,67-64-86)57-38-31-24-17-3;;;;;;;;/h43-54H,15-42,55-79H2,1-14H3;8*1H/q+8;;;;;;;;/p-8. The van der Waals surface area contributed by atoms with Gasteiger partial charge in [-0.15, -0.1) is 0 Å². The van der Waals surface area contributed by atoms with E-state index in [-0.39, 0.29) is 136 Å². The van der Waals surface area contributed by atoms with Gasteiger partial charge in [0, 0.05) is 33.4 Å². The maximum atomic E-state index is 2.73. The SMILES string of the molecule is CCCCCC[N+]1(C)CC[N+]2(C)CC[N+](C)(CCCCCC)Cc3ccc(cc3)C[N+](C)(CCCCCC)CC[N+](CCCCCC)(CC[N+](C)(CCCCCC)Cc3ccc(cc3)C1)CC[N+](C)(CCCCCC)Cc1ccc(cc1)C[N+](C)(CCCCCC)CC2.[Br-].[Br-].[Br-].[Br-].[Br-].[Br-].[Br-].[Br-]. The summed E-state index contributed by atoms with van der Waals surface area (Å²) in [6, 6.07) is 31.3. The third kappa shape index (κ3) is 43.0. The first kappa shape index (κ1) is 109. The molecule has 12 aliphatic rings. The van der Waals surface area contributed by atoms with Crippen molar-refractivity contribution in [3.05, 3.63) is 106 Å². The van der Waals surface area contributed by atoms with Crippen LogP contribution >= 0.6 is 0 Å². The lowest BCUT2D eigenvalue weighted by molar-refractivity contribution is -1.02. The van der Waals surface area contributed by atoms with Gasteiger partial charge in [0.15, 0.2) is 0 Å². The van der Waals surface area contributed by atoms with E-state index < -0.39 is 0 Å². The van der Waals surface area contributed by atoms with Gasteiger partial charge in [0.25, 0.3) is 0 Å². The molecule has 3 aromatic carbocycles. The predicted octanol–water partition coefficient (Wildman–Crippen LogP) is -4.85. The van der Waals surface area contributed by atoms with E-state index in [4.69, 9.17) is 0 Å². The summed E-state index contributed by atoms with van der Waals surface area (Å²) in [6.45, 7) is 47.5. The van der Waals surface area contributed by atoms with Gasteiger partial charge < -0.3 is 172 Å². The molecule has 0 fully saturated rings. The van der Waals surface area contributed by atoms with Gasteiger partial charge in [-0.2, -0.15) is 0 Å². The van der Waals surface area contributed by atoms with Gasteiger partial charge >= 0.3 is 0 Å². The molecule has 12 heterocycles. The van der Waals surface area contributed by atoms with Gasteiger partial charge in [-0.05, 0) is 89.9 Å². The minimum Gasteiger partial charge on any atom is -1.00 e. The lowest BCUT2D eigenvalue weighted by Crippen LogP contribution is -3.00. The molecule has 0 saturated carbocycles. The zero-order chi connectivity index (χ0) is 67.4. The maximum absolute atomic E-state index is 2.73. The Kier molecular flexibility index (Phi) is 62.4. The van der Waals surface area contributed by atoms with Crippen LogP contribution in [-0.2, 0) is 39.3 Å². The first-order valence-corrected chi connectivity index (χ1v) is 40.6. The average Bonchev–Trinajstić information content (AvgIpc) is 0.816. The number of hydrogen-bond donors (Lipinski definition) is 0. The summed E-state index contributed by atoms with van der Waals surface area (Å²) in [5.74, 6) is 0. The second-order valence-corrected chi connectivity index (χ2v) is 34.2. The zero-order valence-electron chi connectivity index (χ0n) is 68.0. The summed E-state index contributed by atoms with van der Waals surface area (Å²) in [5.41, 5.74) is 9.30. The van der Waals surface area contributed by atoms with Crippen molar-refractivity contribution in [2.45, 2.75) is 268 Å². The van der Waals surface area contributed by atoms with Crippen molar-refractivity contribution in [2.75, 3.05) is 174 Å². The zero-order valence-corrected chi connectivity index (χ0v) is 80.7. The number of rotatable bonds is 35. The Morgan fingerprint density at radius 3 is 0.495 bits per heavy atom.